The smallest absolute Gasteiger partial charge is 0.0653 e. The highest BCUT2D eigenvalue weighted by Crippen LogP contribution is 2.73. The minimum atomic E-state index is -0.404. The second kappa shape index (κ2) is 2.85. The molecule has 1 N–H and O–H groups in total. The Kier molecular flexibility index (Phi) is 1.98. The Labute approximate surface area is 99.6 Å². The Hall–Kier alpha value is -0.0400. The Balaban J connectivity index is 2.07. The lowest BCUT2D eigenvalue weighted by molar-refractivity contribution is -0.0717. The molecule has 1 spiro atoms. The van der Waals surface area contributed by atoms with Crippen molar-refractivity contribution < 1.29 is 5.11 Å². The number of aliphatic hydroxyl groups is 1. The van der Waals surface area contributed by atoms with Crippen molar-refractivity contribution in [3.05, 3.63) is 0 Å². The molecule has 0 aromatic heterocycles. The molecule has 1 heteroatoms. The molecule has 0 radical (unpaired) electrons. The molecule has 3 rings (SSSR count). The van der Waals surface area contributed by atoms with Gasteiger partial charge in [0.05, 0.1) is 5.60 Å². The summed E-state index contributed by atoms with van der Waals surface area (Å²) in [6.07, 6.45) is 6.41. The minimum Gasteiger partial charge on any atom is -0.390 e. The van der Waals surface area contributed by atoms with Crippen molar-refractivity contribution in [3.8, 4) is 0 Å². The SMILES string of the molecule is C[C@@H]1CCC2C(C)(C)[C@H]3CC21CCC3(C)O. The summed E-state index contributed by atoms with van der Waals surface area (Å²) in [6, 6.07) is 0. The first-order valence-corrected chi connectivity index (χ1v) is 7.03. The fourth-order valence-corrected chi connectivity index (χ4v) is 5.88. The van der Waals surface area contributed by atoms with E-state index < -0.39 is 5.60 Å². The molecule has 0 aliphatic heterocycles. The molecule has 3 aliphatic carbocycles. The lowest BCUT2D eigenvalue weighted by Gasteiger charge is -2.44. The van der Waals surface area contributed by atoms with Gasteiger partial charge in [-0.15, -0.1) is 0 Å². The number of rotatable bonds is 0. The van der Waals surface area contributed by atoms with Crippen molar-refractivity contribution in [2.24, 2.45) is 28.6 Å². The molecular formula is C15H26O. The average molecular weight is 222 g/mol. The van der Waals surface area contributed by atoms with E-state index in [0.717, 1.165) is 18.3 Å². The van der Waals surface area contributed by atoms with E-state index in [1.54, 1.807) is 0 Å². The van der Waals surface area contributed by atoms with Crippen molar-refractivity contribution in [2.45, 2.75) is 65.4 Å². The average Bonchev–Trinajstić information content (AvgIpc) is 2.58. The van der Waals surface area contributed by atoms with E-state index in [4.69, 9.17) is 0 Å². The molecule has 0 saturated heterocycles. The van der Waals surface area contributed by atoms with Crippen LogP contribution in [0.4, 0.5) is 0 Å². The molecule has 3 fully saturated rings. The lowest BCUT2D eigenvalue weighted by atomic mass is 9.64. The molecule has 2 bridgehead atoms. The van der Waals surface area contributed by atoms with E-state index in [9.17, 15) is 5.11 Å². The molecular weight excluding hydrogens is 196 g/mol. The van der Waals surface area contributed by atoms with Crippen LogP contribution in [0.3, 0.4) is 0 Å². The van der Waals surface area contributed by atoms with Crippen LogP contribution in [0.25, 0.3) is 0 Å². The monoisotopic (exact) mass is 222 g/mol. The third-order valence-electron chi connectivity index (χ3n) is 6.79. The maximum Gasteiger partial charge on any atom is 0.0653 e. The minimum absolute atomic E-state index is 0.352. The summed E-state index contributed by atoms with van der Waals surface area (Å²) in [4.78, 5) is 0. The quantitative estimate of drug-likeness (QED) is 0.664. The highest BCUT2D eigenvalue weighted by Gasteiger charge is 2.67. The van der Waals surface area contributed by atoms with Crippen molar-refractivity contribution in [1.29, 1.82) is 0 Å². The van der Waals surface area contributed by atoms with Crippen LogP contribution in [0.2, 0.25) is 0 Å². The van der Waals surface area contributed by atoms with Crippen molar-refractivity contribution in [2.75, 3.05) is 0 Å². The van der Waals surface area contributed by atoms with E-state index in [0.29, 0.717) is 16.7 Å². The normalized spacial score (nSPS) is 58.7. The van der Waals surface area contributed by atoms with E-state index in [-0.39, 0.29) is 0 Å². The van der Waals surface area contributed by atoms with Crippen LogP contribution in [0.15, 0.2) is 0 Å². The molecule has 0 amide bonds. The predicted octanol–water partition coefficient (Wildman–Crippen LogP) is 3.61. The predicted molar refractivity (Wildman–Crippen MR) is 66.1 cm³/mol. The van der Waals surface area contributed by atoms with Crippen LogP contribution in [0.1, 0.15) is 59.8 Å². The molecule has 3 aliphatic rings. The van der Waals surface area contributed by atoms with Crippen LogP contribution in [-0.4, -0.2) is 10.7 Å². The van der Waals surface area contributed by atoms with Crippen LogP contribution < -0.4 is 0 Å². The Morgan fingerprint density at radius 1 is 1.00 bits per heavy atom. The summed E-state index contributed by atoms with van der Waals surface area (Å²) >= 11 is 0. The first-order valence-electron chi connectivity index (χ1n) is 7.03. The fraction of sp³-hybridized carbons (Fsp3) is 1.00. The summed E-state index contributed by atoms with van der Waals surface area (Å²) in [5.74, 6) is 2.29. The second-order valence-electron chi connectivity index (χ2n) is 7.70. The molecule has 92 valence electrons. The molecule has 3 saturated carbocycles. The largest absolute Gasteiger partial charge is 0.390 e. The van der Waals surface area contributed by atoms with Gasteiger partial charge in [-0.05, 0) is 67.6 Å². The number of hydrogen-bond acceptors (Lipinski definition) is 1. The number of fused-ring (bicyclic) bond motifs is 1. The zero-order valence-corrected chi connectivity index (χ0v) is 11.2. The summed E-state index contributed by atoms with van der Waals surface area (Å²) in [7, 11) is 0. The van der Waals surface area contributed by atoms with E-state index in [2.05, 4.69) is 27.7 Å². The molecule has 3 unspecified atom stereocenters. The third kappa shape index (κ3) is 1.06. The first-order chi connectivity index (χ1) is 7.31. The summed E-state index contributed by atoms with van der Waals surface area (Å²) in [6.45, 7) is 9.38. The van der Waals surface area contributed by atoms with E-state index in [1.807, 2.05) is 0 Å². The molecule has 0 aromatic carbocycles. The molecule has 0 heterocycles. The summed E-state index contributed by atoms with van der Waals surface area (Å²) in [5, 5.41) is 10.6. The maximum atomic E-state index is 10.6. The van der Waals surface area contributed by atoms with Gasteiger partial charge in [0, 0.05) is 0 Å². The Bertz CT molecular complexity index is 313. The lowest BCUT2D eigenvalue weighted by Crippen LogP contribution is -2.44. The van der Waals surface area contributed by atoms with Gasteiger partial charge in [-0.2, -0.15) is 0 Å². The first kappa shape index (κ1) is 11.1. The van der Waals surface area contributed by atoms with Crippen LogP contribution in [0.5, 0.6) is 0 Å². The number of hydrogen-bond donors (Lipinski definition) is 1. The van der Waals surface area contributed by atoms with Gasteiger partial charge < -0.3 is 5.11 Å². The Morgan fingerprint density at radius 3 is 2.38 bits per heavy atom. The van der Waals surface area contributed by atoms with E-state index >= 15 is 0 Å². The molecule has 1 nitrogen and oxygen atoms in total. The van der Waals surface area contributed by atoms with Gasteiger partial charge >= 0.3 is 0 Å². The maximum absolute atomic E-state index is 10.6. The Morgan fingerprint density at radius 2 is 1.69 bits per heavy atom. The fourth-order valence-electron chi connectivity index (χ4n) is 5.88. The van der Waals surface area contributed by atoms with Crippen LogP contribution in [-0.2, 0) is 0 Å². The van der Waals surface area contributed by atoms with Gasteiger partial charge in [-0.25, -0.2) is 0 Å². The second-order valence-corrected chi connectivity index (χ2v) is 7.70. The zero-order valence-electron chi connectivity index (χ0n) is 11.2. The standard InChI is InChI=1S/C15H26O/c1-10-5-6-11-13(2,3)12-9-15(10,11)8-7-14(12,4)16/h10-12,16H,5-9H2,1-4H3/t10-,11?,12-,14?,15?/m1/s1. The summed E-state index contributed by atoms with van der Waals surface area (Å²) < 4.78 is 0. The zero-order chi connectivity index (χ0) is 11.8. The van der Waals surface area contributed by atoms with Crippen LogP contribution in [0, 0.1) is 28.6 Å². The van der Waals surface area contributed by atoms with Crippen LogP contribution >= 0.6 is 0 Å². The van der Waals surface area contributed by atoms with Gasteiger partial charge in [0.25, 0.3) is 0 Å². The highest BCUT2D eigenvalue weighted by molar-refractivity contribution is 5.16. The highest BCUT2D eigenvalue weighted by atomic mass is 16.3. The van der Waals surface area contributed by atoms with Gasteiger partial charge in [0.2, 0.25) is 0 Å². The van der Waals surface area contributed by atoms with Crippen molar-refractivity contribution >= 4 is 0 Å². The molecule has 16 heavy (non-hydrogen) atoms. The van der Waals surface area contributed by atoms with Gasteiger partial charge in [0.15, 0.2) is 0 Å². The summed E-state index contributed by atoms with van der Waals surface area (Å²) in [5.41, 5.74) is 0.542. The topological polar surface area (TPSA) is 20.2 Å². The van der Waals surface area contributed by atoms with Crippen molar-refractivity contribution in [1.82, 2.24) is 0 Å². The molecule has 5 atom stereocenters. The van der Waals surface area contributed by atoms with Gasteiger partial charge in [-0.3, -0.25) is 0 Å². The van der Waals surface area contributed by atoms with Gasteiger partial charge in [0.1, 0.15) is 0 Å². The van der Waals surface area contributed by atoms with Gasteiger partial charge in [-0.1, -0.05) is 20.8 Å². The van der Waals surface area contributed by atoms with Crippen molar-refractivity contribution in [3.63, 3.8) is 0 Å². The van der Waals surface area contributed by atoms with E-state index in [1.165, 1.54) is 25.7 Å². The molecule has 0 aromatic rings. The third-order valence-corrected chi connectivity index (χ3v) is 6.79.